The third kappa shape index (κ3) is 4.51. The first-order valence-electron chi connectivity index (χ1n) is 12.2. The first-order valence-corrected chi connectivity index (χ1v) is 12.2. The summed E-state index contributed by atoms with van der Waals surface area (Å²) in [7, 11) is 0. The molecule has 0 bridgehead atoms. The van der Waals surface area contributed by atoms with Crippen molar-refractivity contribution in [2.45, 2.75) is 50.7 Å². The fourth-order valence-corrected chi connectivity index (χ4v) is 4.93. The number of aromatic amines is 2. The van der Waals surface area contributed by atoms with Crippen LogP contribution in [0.3, 0.4) is 0 Å². The van der Waals surface area contributed by atoms with Gasteiger partial charge in [0.05, 0.1) is 11.1 Å². The number of nitrogens with two attached hydrogens (primary N) is 1. The number of benzene rings is 1. The Hall–Kier alpha value is -3.92. The molecule has 188 valence electrons. The number of pyridine rings is 1. The largest absolute Gasteiger partial charge is 0.361 e. The summed E-state index contributed by atoms with van der Waals surface area (Å²) >= 11 is 0. The Kier molecular flexibility index (Phi) is 6.13. The molecule has 0 aliphatic carbocycles. The standard InChI is InChI=1S/C26H31N7O3/c1-26(2,27)24(35)30-21(14-16-15-29-19-7-4-3-6-18(16)19)23(34)32-12-9-17(10-13-32)33-22-20(31-25(33)36)8-5-11-28-22/h3-8,11,15,17,21,29H,9-10,12-14,27H2,1-2H3,(H,30,35)(H,31,36)/t21-/m1/s1. The average Bonchev–Trinajstić information content (AvgIpc) is 3.42. The first kappa shape index (κ1) is 23.8. The minimum Gasteiger partial charge on any atom is -0.361 e. The van der Waals surface area contributed by atoms with Crippen molar-refractivity contribution in [3.05, 3.63) is 64.8 Å². The van der Waals surface area contributed by atoms with Crippen LogP contribution in [0.5, 0.6) is 0 Å². The smallest absolute Gasteiger partial charge is 0.327 e. The zero-order valence-corrected chi connectivity index (χ0v) is 20.5. The molecule has 5 rings (SSSR count). The normalized spacial score (nSPS) is 15.9. The third-order valence-corrected chi connectivity index (χ3v) is 6.90. The second-order valence-corrected chi connectivity index (χ2v) is 10.0. The molecule has 0 saturated carbocycles. The van der Waals surface area contributed by atoms with E-state index in [0.717, 1.165) is 16.5 Å². The van der Waals surface area contributed by atoms with E-state index in [1.54, 1.807) is 35.6 Å². The van der Waals surface area contributed by atoms with Gasteiger partial charge in [0.2, 0.25) is 11.8 Å². The van der Waals surface area contributed by atoms with Crippen molar-refractivity contribution in [2.24, 2.45) is 5.73 Å². The van der Waals surface area contributed by atoms with E-state index < -0.39 is 11.6 Å². The number of imidazole rings is 1. The molecule has 0 spiro atoms. The molecule has 10 nitrogen and oxygen atoms in total. The van der Waals surface area contributed by atoms with Gasteiger partial charge in [0.15, 0.2) is 5.65 Å². The number of hydrogen-bond acceptors (Lipinski definition) is 5. The Labute approximate surface area is 207 Å². The predicted molar refractivity (Wildman–Crippen MR) is 137 cm³/mol. The lowest BCUT2D eigenvalue weighted by Gasteiger charge is -2.35. The average molecular weight is 490 g/mol. The van der Waals surface area contributed by atoms with Crippen molar-refractivity contribution in [1.29, 1.82) is 0 Å². The fourth-order valence-electron chi connectivity index (χ4n) is 4.93. The molecule has 0 unspecified atom stereocenters. The molecule has 0 radical (unpaired) electrons. The molecule has 1 aliphatic heterocycles. The lowest BCUT2D eigenvalue weighted by molar-refractivity contribution is -0.138. The van der Waals surface area contributed by atoms with Crippen molar-refractivity contribution in [3.63, 3.8) is 0 Å². The van der Waals surface area contributed by atoms with Gasteiger partial charge >= 0.3 is 5.69 Å². The molecule has 1 atom stereocenters. The van der Waals surface area contributed by atoms with E-state index in [4.69, 9.17) is 5.73 Å². The third-order valence-electron chi connectivity index (χ3n) is 6.90. The zero-order valence-electron chi connectivity index (χ0n) is 20.5. The second-order valence-electron chi connectivity index (χ2n) is 10.0. The summed E-state index contributed by atoms with van der Waals surface area (Å²) in [4.78, 5) is 51.2. The molecule has 2 amide bonds. The molecule has 4 aromatic rings. The van der Waals surface area contributed by atoms with Crippen molar-refractivity contribution in [1.82, 2.24) is 29.7 Å². The molecule has 1 aromatic carbocycles. The van der Waals surface area contributed by atoms with Gasteiger partial charge in [0.25, 0.3) is 0 Å². The summed E-state index contributed by atoms with van der Waals surface area (Å²) in [5.41, 5.74) is 7.96. The zero-order chi connectivity index (χ0) is 25.4. The minimum absolute atomic E-state index is 0.0603. The summed E-state index contributed by atoms with van der Waals surface area (Å²) in [6, 6.07) is 10.7. The van der Waals surface area contributed by atoms with Crippen molar-refractivity contribution in [2.75, 3.05) is 13.1 Å². The molecule has 5 N–H and O–H groups in total. The van der Waals surface area contributed by atoms with Crippen LogP contribution in [0.15, 0.2) is 53.6 Å². The molecule has 1 aliphatic rings. The van der Waals surface area contributed by atoms with Crippen LogP contribution in [-0.2, 0) is 16.0 Å². The summed E-state index contributed by atoms with van der Waals surface area (Å²) in [5.74, 6) is -0.535. The number of para-hydroxylation sites is 1. The Morgan fingerprint density at radius 3 is 2.64 bits per heavy atom. The highest BCUT2D eigenvalue weighted by atomic mass is 16.2. The molecular weight excluding hydrogens is 458 g/mol. The molecule has 10 heteroatoms. The number of nitrogens with one attached hydrogen (secondary N) is 3. The monoisotopic (exact) mass is 489 g/mol. The van der Waals surface area contributed by atoms with Crippen LogP contribution >= 0.6 is 0 Å². The number of amides is 2. The van der Waals surface area contributed by atoms with Gasteiger partial charge in [0.1, 0.15) is 6.04 Å². The van der Waals surface area contributed by atoms with Crippen LogP contribution in [0, 0.1) is 0 Å². The van der Waals surface area contributed by atoms with Gasteiger partial charge in [-0.25, -0.2) is 9.78 Å². The predicted octanol–water partition coefficient (Wildman–Crippen LogP) is 1.83. The summed E-state index contributed by atoms with van der Waals surface area (Å²) in [6.07, 6.45) is 5.13. The molecule has 3 aromatic heterocycles. The van der Waals surface area contributed by atoms with E-state index in [1.165, 1.54) is 0 Å². The summed E-state index contributed by atoms with van der Waals surface area (Å²) in [5, 5.41) is 3.91. The molecule has 1 fully saturated rings. The lowest BCUT2D eigenvalue weighted by Crippen LogP contribution is -2.57. The Bertz CT molecular complexity index is 1470. The maximum absolute atomic E-state index is 13.7. The highest BCUT2D eigenvalue weighted by molar-refractivity contribution is 5.92. The molecule has 1 saturated heterocycles. The topological polar surface area (TPSA) is 142 Å². The van der Waals surface area contributed by atoms with Crippen LogP contribution < -0.4 is 16.7 Å². The van der Waals surface area contributed by atoms with Gasteiger partial charge in [-0.15, -0.1) is 0 Å². The number of rotatable bonds is 6. The maximum Gasteiger partial charge on any atom is 0.327 e. The lowest BCUT2D eigenvalue weighted by atomic mass is 9.99. The summed E-state index contributed by atoms with van der Waals surface area (Å²) in [6.45, 7) is 4.19. The van der Waals surface area contributed by atoms with Crippen LogP contribution in [0.2, 0.25) is 0 Å². The maximum atomic E-state index is 13.7. The molecule has 36 heavy (non-hydrogen) atoms. The minimum atomic E-state index is -1.12. The van der Waals surface area contributed by atoms with E-state index in [1.807, 2.05) is 36.5 Å². The van der Waals surface area contributed by atoms with Crippen LogP contribution in [0.1, 0.15) is 38.3 Å². The molecule has 4 heterocycles. The number of nitrogens with zero attached hydrogens (tertiary/aromatic N) is 3. The van der Waals surface area contributed by atoms with Gasteiger partial charge in [-0.3, -0.25) is 14.2 Å². The Morgan fingerprint density at radius 1 is 1.17 bits per heavy atom. The van der Waals surface area contributed by atoms with E-state index >= 15 is 0 Å². The van der Waals surface area contributed by atoms with Gasteiger partial charge < -0.3 is 25.9 Å². The highest BCUT2D eigenvalue weighted by Crippen LogP contribution is 2.25. The molecular formula is C26H31N7O3. The number of piperidine rings is 1. The summed E-state index contributed by atoms with van der Waals surface area (Å²) < 4.78 is 1.69. The van der Waals surface area contributed by atoms with Gasteiger partial charge in [-0.05, 0) is 50.5 Å². The number of likely N-dealkylation sites (tertiary alicyclic amines) is 1. The van der Waals surface area contributed by atoms with Crippen molar-refractivity contribution < 1.29 is 9.59 Å². The number of fused-ring (bicyclic) bond motifs is 2. The number of aromatic nitrogens is 4. The SMILES string of the molecule is CC(C)(N)C(=O)N[C@H](Cc1c[nH]c2ccccc12)C(=O)N1CCC(n2c(=O)[nH]c3cccnc32)CC1. The number of carbonyl (C=O) groups excluding carboxylic acids is 2. The van der Waals surface area contributed by atoms with Crippen molar-refractivity contribution >= 4 is 33.9 Å². The number of H-pyrrole nitrogens is 2. The van der Waals surface area contributed by atoms with Gasteiger partial charge in [-0.2, -0.15) is 0 Å². The highest BCUT2D eigenvalue weighted by Gasteiger charge is 2.33. The van der Waals surface area contributed by atoms with Gasteiger partial charge in [-0.1, -0.05) is 18.2 Å². The van der Waals surface area contributed by atoms with Crippen LogP contribution in [-0.4, -0.2) is 60.9 Å². The first-order chi connectivity index (χ1) is 17.2. The van der Waals surface area contributed by atoms with Crippen LogP contribution in [0.4, 0.5) is 0 Å². The number of carbonyl (C=O) groups is 2. The Morgan fingerprint density at radius 2 is 1.89 bits per heavy atom. The van der Waals surface area contributed by atoms with E-state index in [-0.39, 0.29) is 23.5 Å². The van der Waals surface area contributed by atoms with E-state index in [9.17, 15) is 14.4 Å². The van der Waals surface area contributed by atoms with Crippen molar-refractivity contribution in [3.8, 4) is 0 Å². The number of hydrogen-bond donors (Lipinski definition) is 4. The Balaban J connectivity index is 1.34. The second kappa shape index (κ2) is 9.27. The van der Waals surface area contributed by atoms with Crippen LogP contribution in [0.25, 0.3) is 22.1 Å². The van der Waals surface area contributed by atoms with Gasteiger partial charge in [0, 0.05) is 48.8 Å². The van der Waals surface area contributed by atoms with E-state index in [2.05, 4.69) is 20.3 Å². The quantitative estimate of drug-likeness (QED) is 0.327. The van der Waals surface area contributed by atoms with E-state index in [0.29, 0.717) is 43.5 Å². The fraction of sp³-hybridized carbons (Fsp3) is 0.385.